The van der Waals surface area contributed by atoms with Crippen molar-refractivity contribution >= 4 is 51.9 Å². The highest BCUT2D eigenvalue weighted by atomic mass is 32.1. The van der Waals surface area contributed by atoms with Crippen LogP contribution in [0.15, 0.2) is 34.5 Å². The molecule has 0 heterocycles. The first-order chi connectivity index (χ1) is 13.5. The first-order valence-electron chi connectivity index (χ1n) is 8.39. The number of thiocarbonyl (C=S) groups is 2. The van der Waals surface area contributed by atoms with Crippen molar-refractivity contribution < 1.29 is 23.1 Å². The summed E-state index contributed by atoms with van der Waals surface area (Å²) in [7, 11) is 0. The number of hydrogen-bond acceptors (Lipinski definition) is 5. The predicted molar refractivity (Wildman–Crippen MR) is 113 cm³/mol. The third-order valence-corrected chi connectivity index (χ3v) is 3.82. The number of hydrogen-bond donors (Lipinski definition) is 4. The van der Waals surface area contributed by atoms with Crippen LogP contribution in [0, 0.1) is 0 Å². The summed E-state index contributed by atoms with van der Waals surface area (Å²) in [5, 5.41) is 18.8. The van der Waals surface area contributed by atoms with Crippen LogP contribution in [0.2, 0.25) is 0 Å². The van der Waals surface area contributed by atoms with Crippen LogP contribution < -0.4 is 16.2 Å². The van der Waals surface area contributed by atoms with Crippen LogP contribution in [-0.2, 0) is 0 Å². The highest BCUT2D eigenvalue weighted by Crippen LogP contribution is 2.12. The lowest BCUT2D eigenvalue weighted by atomic mass is 10.0. The minimum atomic E-state index is -4.43. The number of carboxylic acids is 1. The number of carbonyl (C=O) groups is 1. The monoisotopic (exact) mass is 447 g/mol. The molecule has 158 valence electrons. The molecule has 1 aromatic carbocycles. The molecule has 0 bridgehead atoms. The van der Waals surface area contributed by atoms with E-state index < -0.39 is 18.7 Å². The Balaban J connectivity index is 3.07. The summed E-state index contributed by atoms with van der Waals surface area (Å²) in [5.41, 5.74) is 6.20. The third kappa shape index (κ3) is 9.43. The van der Waals surface area contributed by atoms with Crippen LogP contribution in [0.25, 0.3) is 0 Å². The van der Waals surface area contributed by atoms with Crippen LogP contribution in [0.1, 0.15) is 42.6 Å². The van der Waals surface area contributed by atoms with Crippen LogP contribution in [0.3, 0.4) is 0 Å². The van der Waals surface area contributed by atoms with Crippen LogP contribution in [0.5, 0.6) is 0 Å². The highest BCUT2D eigenvalue weighted by Gasteiger charge is 2.27. The van der Waals surface area contributed by atoms with Gasteiger partial charge in [0.25, 0.3) is 0 Å². The van der Waals surface area contributed by atoms with E-state index in [0.29, 0.717) is 22.7 Å². The van der Waals surface area contributed by atoms with Crippen LogP contribution in [0.4, 0.5) is 13.2 Å². The molecule has 4 N–H and O–H groups in total. The molecule has 0 aliphatic heterocycles. The maximum absolute atomic E-state index is 12.3. The molecule has 0 atom stereocenters. The van der Waals surface area contributed by atoms with E-state index in [1.54, 1.807) is 6.92 Å². The number of benzene rings is 1. The van der Waals surface area contributed by atoms with Gasteiger partial charge in [-0.15, -0.1) is 0 Å². The van der Waals surface area contributed by atoms with Gasteiger partial charge >= 0.3 is 12.1 Å². The maximum atomic E-state index is 12.3. The summed E-state index contributed by atoms with van der Waals surface area (Å²) in [6.07, 6.45) is -2.96. The molecule has 0 fully saturated rings. The molecule has 1 rings (SSSR count). The number of alkyl halides is 3. The molecule has 0 spiro atoms. The van der Waals surface area contributed by atoms with Gasteiger partial charge in [0.05, 0.1) is 16.3 Å². The lowest BCUT2D eigenvalue weighted by Gasteiger charge is -2.12. The quantitative estimate of drug-likeness (QED) is 0.276. The van der Waals surface area contributed by atoms with E-state index in [4.69, 9.17) is 29.5 Å². The summed E-state index contributed by atoms with van der Waals surface area (Å²) in [5.74, 6) is -1.09. The summed E-state index contributed by atoms with van der Waals surface area (Å²) in [4.78, 5) is 11.5. The molecule has 0 saturated carbocycles. The van der Waals surface area contributed by atoms with Gasteiger partial charge in [0.2, 0.25) is 0 Å². The fourth-order valence-corrected chi connectivity index (χ4v) is 2.30. The average molecular weight is 448 g/mol. The van der Waals surface area contributed by atoms with Crippen molar-refractivity contribution in [1.82, 2.24) is 16.2 Å². The van der Waals surface area contributed by atoms with Crippen molar-refractivity contribution in [2.75, 3.05) is 6.54 Å². The molecule has 7 nitrogen and oxygen atoms in total. The Morgan fingerprint density at radius 3 is 2.21 bits per heavy atom. The van der Waals surface area contributed by atoms with E-state index in [0.717, 1.165) is 6.42 Å². The number of aromatic carboxylic acids is 1. The highest BCUT2D eigenvalue weighted by molar-refractivity contribution is 7.80. The van der Waals surface area contributed by atoms with Crippen LogP contribution >= 0.6 is 24.4 Å². The fourth-order valence-electron chi connectivity index (χ4n) is 1.93. The number of carboxylic acid groups (broad SMARTS) is 1. The molecule has 0 amide bonds. The Bertz CT molecular complexity index is 808. The molecule has 0 aliphatic rings. The first-order valence-corrected chi connectivity index (χ1v) is 9.20. The van der Waals surface area contributed by atoms with Crippen molar-refractivity contribution in [2.24, 2.45) is 10.2 Å². The van der Waals surface area contributed by atoms with Gasteiger partial charge in [0, 0.05) is 5.56 Å². The van der Waals surface area contributed by atoms with Crippen molar-refractivity contribution in [3.63, 3.8) is 0 Å². The number of hydrazone groups is 2. The zero-order valence-corrected chi connectivity index (χ0v) is 17.3. The second kappa shape index (κ2) is 11.4. The standard InChI is InChI=1S/C17H20F3N5O2S2/c1-3-4-13(28)23-22-10(2)14(11-5-7-12(8-6-11)15(26)27)24-25-16(29)21-9-17(18,19)20/h5-8H,3-4,9H2,1-2H3,(H,23,28)(H,26,27)(H2,21,25,29). The van der Waals surface area contributed by atoms with Gasteiger partial charge in [-0.2, -0.15) is 23.4 Å². The molecule has 1 aromatic rings. The van der Waals surface area contributed by atoms with Gasteiger partial charge in [-0.3, -0.25) is 10.9 Å². The third-order valence-electron chi connectivity index (χ3n) is 3.29. The Hall–Kier alpha value is -2.60. The number of halogens is 3. The molecule has 0 aromatic heterocycles. The molecule has 0 radical (unpaired) electrons. The van der Waals surface area contributed by atoms with Gasteiger partial charge in [-0.1, -0.05) is 31.3 Å². The molecular weight excluding hydrogens is 427 g/mol. The van der Waals surface area contributed by atoms with Gasteiger partial charge in [0.1, 0.15) is 12.3 Å². The zero-order chi connectivity index (χ0) is 22.0. The fraction of sp³-hybridized carbons (Fsp3) is 0.353. The predicted octanol–water partition coefficient (Wildman–Crippen LogP) is 3.21. The average Bonchev–Trinajstić information content (AvgIpc) is 2.65. The van der Waals surface area contributed by atoms with E-state index >= 15 is 0 Å². The van der Waals surface area contributed by atoms with Crippen molar-refractivity contribution in [1.29, 1.82) is 0 Å². The largest absolute Gasteiger partial charge is 0.478 e. The molecule has 0 unspecified atom stereocenters. The summed E-state index contributed by atoms with van der Waals surface area (Å²) in [6.45, 7) is 2.26. The van der Waals surface area contributed by atoms with Gasteiger partial charge in [-0.05, 0) is 44.1 Å². The van der Waals surface area contributed by atoms with Gasteiger partial charge in [0.15, 0.2) is 5.11 Å². The number of rotatable bonds is 8. The molecule has 0 aliphatic carbocycles. The van der Waals surface area contributed by atoms with E-state index in [2.05, 4.69) is 21.1 Å². The molecule has 0 saturated heterocycles. The zero-order valence-electron chi connectivity index (χ0n) is 15.6. The SMILES string of the molecule is CCCC(=S)NN=C(C)C(=NNC(=S)NCC(F)(F)F)c1ccc(C(=O)O)cc1. The van der Waals surface area contributed by atoms with E-state index in [-0.39, 0.29) is 16.4 Å². The molecular formula is C17H20F3N5O2S2. The van der Waals surface area contributed by atoms with Crippen molar-refractivity contribution in [2.45, 2.75) is 32.9 Å². The first kappa shape index (κ1) is 24.4. The van der Waals surface area contributed by atoms with Gasteiger partial charge < -0.3 is 10.4 Å². The summed E-state index contributed by atoms with van der Waals surface area (Å²) >= 11 is 9.91. The lowest BCUT2D eigenvalue weighted by Crippen LogP contribution is -2.39. The number of nitrogens with zero attached hydrogens (tertiary/aromatic N) is 2. The minimum Gasteiger partial charge on any atom is -0.478 e. The minimum absolute atomic E-state index is 0.0697. The van der Waals surface area contributed by atoms with E-state index in [1.807, 2.05) is 12.2 Å². The Kier molecular flexibility index (Phi) is 9.62. The smallest absolute Gasteiger partial charge is 0.405 e. The van der Waals surface area contributed by atoms with Crippen molar-refractivity contribution in [3.05, 3.63) is 35.4 Å². The second-order valence-corrected chi connectivity index (χ2v) is 6.64. The normalized spacial score (nSPS) is 12.3. The Morgan fingerprint density at radius 1 is 1.10 bits per heavy atom. The second-order valence-electron chi connectivity index (χ2n) is 5.73. The lowest BCUT2D eigenvalue weighted by molar-refractivity contribution is -0.122. The Labute approximate surface area is 176 Å². The van der Waals surface area contributed by atoms with E-state index in [1.165, 1.54) is 24.3 Å². The molecule has 12 heteroatoms. The van der Waals surface area contributed by atoms with Crippen LogP contribution in [-0.4, -0.2) is 45.3 Å². The molecule has 29 heavy (non-hydrogen) atoms. The summed E-state index contributed by atoms with van der Waals surface area (Å²) in [6, 6.07) is 5.74. The summed E-state index contributed by atoms with van der Waals surface area (Å²) < 4.78 is 36.8. The number of nitrogens with one attached hydrogen (secondary N) is 3. The van der Waals surface area contributed by atoms with Gasteiger partial charge in [-0.25, -0.2) is 4.79 Å². The Morgan fingerprint density at radius 2 is 1.69 bits per heavy atom. The van der Waals surface area contributed by atoms with E-state index in [9.17, 15) is 18.0 Å². The van der Waals surface area contributed by atoms with Crippen molar-refractivity contribution in [3.8, 4) is 0 Å². The maximum Gasteiger partial charge on any atom is 0.405 e. The topological polar surface area (TPSA) is 98.1 Å².